The molecule has 1 saturated heterocycles. The van der Waals surface area contributed by atoms with Crippen molar-refractivity contribution in [2.24, 2.45) is 5.73 Å². The SMILES string of the molecule is CCOc1cc(-c2cnc(N3CC[C@H](N)[C@@H](O)C3)cn2)ccn1. The number of hydrogen-bond acceptors (Lipinski definition) is 7. The van der Waals surface area contributed by atoms with E-state index < -0.39 is 6.10 Å². The standard InChI is InChI=1S/C16H21N5O2/c1-2-23-16-7-11(3-5-18-16)13-8-20-15(9-19-13)21-6-4-12(17)14(22)10-21/h3,5,7-9,12,14,22H,2,4,6,10,17H2,1H3/t12-,14-/m0/s1. The van der Waals surface area contributed by atoms with Gasteiger partial charge in [-0.05, 0) is 19.4 Å². The maximum Gasteiger partial charge on any atom is 0.213 e. The van der Waals surface area contributed by atoms with Gasteiger partial charge in [0, 0.05) is 37.0 Å². The number of hydrogen-bond donors (Lipinski definition) is 2. The van der Waals surface area contributed by atoms with Gasteiger partial charge in [-0.2, -0.15) is 0 Å². The Labute approximate surface area is 135 Å². The van der Waals surface area contributed by atoms with Crippen molar-refractivity contribution in [3.8, 4) is 17.1 Å². The van der Waals surface area contributed by atoms with Crippen molar-refractivity contribution in [3.63, 3.8) is 0 Å². The number of anilines is 1. The van der Waals surface area contributed by atoms with Gasteiger partial charge in [0.2, 0.25) is 5.88 Å². The van der Waals surface area contributed by atoms with Crippen molar-refractivity contribution in [1.29, 1.82) is 0 Å². The number of aliphatic hydroxyl groups is 1. The van der Waals surface area contributed by atoms with Crippen molar-refractivity contribution >= 4 is 5.82 Å². The molecule has 0 aromatic carbocycles. The lowest BCUT2D eigenvalue weighted by atomic mass is 10.0. The van der Waals surface area contributed by atoms with Gasteiger partial charge in [0.05, 0.1) is 30.8 Å². The number of pyridine rings is 1. The molecule has 2 aromatic heterocycles. The zero-order valence-corrected chi connectivity index (χ0v) is 13.1. The highest BCUT2D eigenvalue weighted by Crippen LogP contribution is 2.22. The van der Waals surface area contributed by atoms with Crippen LogP contribution < -0.4 is 15.4 Å². The van der Waals surface area contributed by atoms with Crippen LogP contribution in [-0.2, 0) is 0 Å². The van der Waals surface area contributed by atoms with E-state index in [1.807, 2.05) is 24.0 Å². The molecule has 7 nitrogen and oxygen atoms in total. The number of β-amino-alcohol motifs (C(OH)–C–C–N with tert-alkyl or cyclic N) is 1. The maximum atomic E-state index is 9.89. The summed E-state index contributed by atoms with van der Waals surface area (Å²) in [6.45, 7) is 3.75. The highest BCUT2D eigenvalue weighted by atomic mass is 16.5. The van der Waals surface area contributed by atoms with Crippen LogP contribution in [0.4, 0.5) is 5.82 Å². The van der Waals surface area contributed by atoms with Gasteiger partial charge in [-0.3, -0.25) is 4.98 Å². The first-order valence-corrected chi connectivity index (χ1v) is 7.77. The summed E-state index contributed by atoms with van der Waals surface area (Å²) in [6, 6.07) is 3.56. The number of nitrogens with zero attached hydrogens (tertiary/aromatic N) is 4. The molecule has 3 rings (SSSR count). The normalized spacial score (nSPS) is 21.3. The Morgan fingerprint density at radius 1 is 1.35 bits per heavy atom. The fourth-order valence-electron chi connectivity index (χ4n) is 2.59. The molecule has 0 amide bonds. The molecular formula is C16H21N5O2. The van der Waals surface area contributed by atoms with E-state index in [4.69, 9.17) is 10.5 Å². The summed E-state index contributed by atoms with van der Waals surface area (Å²) in [5, 5.41) is 9.89. The smallest absolute Gasteiger partial charge is 0.213 e. The van der Waals surface area contributed by atoms with Gasteiger partial charge in [0.1, 0.15) is 5.82 Å². The van der Waals surface area contributed by atoms with Crippen molar-refractivity contribution in [2.75, 3.05) is 24.6 Å². The molecule has 2 aromatic rings. The molecule has 1 aliphatic rings. The molecule has 2 atom stereocenters. The third kappa shape index (κ3) is 3.57. The van der Waals surface area contributed by atoms with E-state index in [2.05, 4.69) is 15.0 Å². The Balaban J connectivity index is 1.75. The third-order valence-corrected chi connectivity index (χ3v) is 3.92. The zero-order chi connectivity index (χ0) is 16.2. The molecule has 7 heteroatoms. The molecule has 0 bridgehead atoms. The minimum Gasteiger partial charge on any atom is -0.478 e. The molecule has 0 saturated carbocycles. The van der Waals surface area contributed by atoms with E-state index in [1.165, 1.54) is 0 Å². The summed E-state index contributed by atoms with van der Waals surface area (Å²) >= 11 is 0. The van der Waals surface area contributed by atoms with Gasteiger partial charge < -0.3 is 20.5 Å². The van der Waals surface area contributed by atoms with Crippen LogP contribution in [0.25, 0.3) is 11.3 Å². The number of aliphatic hydroxyl groups excluding tert-OH is 1. The number of piperidine rings is 1. The Kier molecular flexibility index (Phi) is 4.68. The molecule has 0 aliphatic carbocycles. The lowest BCUT2D eigenvalue weighted by Crippen LogP contribution is -2.50. The second kappa shape index (κ2) is 6.89. The van der Waals surface area contributed by atoms with Gasteiger partial charge >= 0.3 is 0 Å². The largest absolute Gasteiger partial charge is 0.478 e. The van der Waals surface area contributed by atoms with Crippen LogP contribution in [0.2, 0.25) is 0 Å². The van der Waals surface area contributed by atoms with Crippen LogP contribution in [0.3, 0.4) is 0 Å². The number of aromatic nitrogens is 3. The second-order valence-corrected chi connectivity index (χ2v) is 5.54. The highest BCUT2D eigenvalue weighted by Gasteiger charge is 2.25. The molecule has 1 fully saturated rings. The average Bonchev–Trinajstić information content (AvgIpc) is 2.58. The first-order valence-electron chi connectivity index (χ1n) is 7.77. The van der Waals surface area contributed by atoms with Crippen molar-refractivity contribution in [2.45, 2.75) is 25.5 Å². The molecule has 0 spiro atoms. The van der Waals surface area contributed by atoms with E-state index in [0.717, 1.165) is 30.0 Å². The van der Waals surface area contributed by atoms with Gasteiger partial charge in [0.25, 0.3) is 0 Å². The summed E-state index contributed by atoms with van der Waals surface area (Å²) in [4.78, 5) is 15.1. The fraction of sp³-hybridized carbons (Fsp3) is 0.438. The van der Waals surface area contributed by atoms with E-state index in [1.54, 1.807) is 18.6 Å². The van der Waals surface area contributed by atoms with Crippen LogP contribution in [0.1, 0.15) is 13.3 Å². The Bertz CT molecular complexity index is 649. The van der Waals surface area contributed by atoms with E-state index in [-0.39, 0.29) is 6.04 Å². The Morgan fingerprint density at radius 3 is 2.91 bits per heavy atom. The van der Waals surface area contributed by atoms with Gasteiger partial charge in [-0.15, -0.1) is 0 Å². The zero-order valence-electron chi connectivity index (χ0n) is 13.1. The van der Waals surface area contributed by atoms with Crippen LogP contribution in [-0.4, -0.2) is 51.9 Å². The van der Waals surface area contributed by atoms with E-state index in [9.17, 15) is 5.11 Å². The predicted molar refractivity (Wildman–Crippen MR) is 87.2 cm³/mol. The average molecular weight is 315 g/mol. The quantitative estimate of drug-likeness (QED) is 0.862. The summed E-state index contributed by atoms with van der Waals surface area (Å²) in [6.07, 6.45) is 5.35. The lowest BCUT2D eigenvalue weighted by Gasteiger charge is -2.34. The first-order chi connectivity index (χ1) is 11.2. The van der Waals surface area contributed by atoms with E-state index in [0.29, 0.717) is 19.0 Å². The van der Waals surface area contributed by atoms with Crippen LogP contribution in [0.5, 0.6) is 5.88 Å². The van der Waals surface area contributed by atoms with Crippen molar-refractivity contribution < 1.29 is 9.84 Å². The maximum absolute atomic E-state index is 9.89. The van der Waals surface area contributed by atoms with Gasteiger partial charge in [-0.1, -0.05) is 0 Å². The summed E-state index contributed by atoms with van der Waals surface area (Å²) < 4.78 is 5.40. The fourth-order valence-corrected chi connectivity index (χ4v) is 2.59. The summed E-state index contributed by atoms with van der Waals surface area (Å²) in [5.74, 6) is 1.32. The van der Waals surface area contributed by atoms with E-state index >= 15 is 0 Å². The Hall–Kier alpha value is -2.25. The topological polar surface area (TPSA) is 97.4 Å². The monoisotopic (exact) mass is 315 g/mol. The van der Waals surface area contributed by atoms with Crippen molar-refractivity contribution in [3.05, 3.63) is 30.7 Å². The second-order valence-electron chi connectivity index (χ2n) is 5.54. The molecule has 0 unspecified atom stereocenters. The first kappa shape index (κ1) is 15.6. The number of rotatable bonds is 4. The molecule has 1 aliphatic heterocycles. The van der Waals surface area contributed by atoms with Crippen LogP contribution in [0, 0.1) is 0 Å². The molecular weight excluding hydrogens is 294 g/mol. The van der Waals surface area contributed by atoms with Crippen LogP contribution in [0.15, 0.2) is 30.7 Å². The Morgan fingerprint density at radius 2 is 2.22 bits per heavy atom. The molecule has 122 valence electrons. The third-order valence-electron chi connectivity index (χ3n) is 3.92. The minimum atomic E-state index is -0.529. The summed E-state index contributed by atoms with van der Waals surface area (Å²) in [7, 11) is 0. The molecule has 0 radical (unpaired) electrons. The van der Waals surface area contributed by atoms with Gasteiger partial charge in [-0.25, -0.2) is 9.97 Å². The molecule has 3 heterocycles. The number of nitrogens with two attached hydrogens (primary N) is 1. The van der Waals surface area contributed by atoms with Gasteiger partial charge in [0.15, 0.2) is 0 Å². The van der Waals surface area contributed by atoms with Crippen molar-refractivity contribution in [1.82, 2.24) is 15.0 Å². The highest BCUT2D eigenvalue weighted by molar-refractivity contribution is 5.59. The van der Waals surface area contributed by atoms with Crippen LogP contribution >= 0.6 is 0 Å². The predicted octanol–water partition coefficient (Wildman–Crippen LogP) is 0.836. The molecule has 3 N–H and O–H groups in total. The minimum absolute atomic E-state index is 0.160. The molecule has 23 heavy (non-hydrogen) atoms. The lowest BCUT2D eigenvalue weighted by molar-refractivity contribution is 0.131. The summed E-state index contributed by atoms with van der Waals surface area (Å²) in [5.41, 5.74) is 7.49. The number of ether oxygens (including phenoxy) is 1.